The van der Waals surface area contributed by atoms with Crippen molar-refractivity contribution in [2.45, 2.75) is 13.5 Å². The molecule has 0 atom stereocenters. The van der Waals surface area contributed by atoms with Crippen LogP contribution in [0.5, 0.6) is 0 Å². The molecule has 2 heterocycles. The minimum absolute atomic E-state index is 0.257. The van der Waals surface area contributed by atoms with Crippen LogP contribution in [0.3, 0.4) is 0 Å². The van der Waals surface area contributed by atoms with Gasteiger partial charge in [-0.3, -0.25) is 19.0 Å². The third-order valence-corrected chi connectivity index (χ3v) is 4.42. The second-order valence-corrected chi connectivity index (χ2v) is 6.68. The molecule has 0 aliphatic carbocycles. The van der Waals surface area contributed by atoms with E-state index in [-0.39, 0.29) is 11.8 Å². The smallest absolute Gasteiger partial charge is 0.277 e. The zero-order chi connectivity index (χ0) is 18.7. The first kappa shape index (κ1) is 18.1. The lowest BCUT2D eigenvalue weighted by molar-refractivity contribution is 0.101. The molecule has 0 aliphatic rings. The zero-order valence-electron chi connectivity index (χ0n) is 14.2. The molecule has 0 spiro atoms. The lowest BCUT2D eigenvalue weighted by Gasteiger charge is -2.09. The van der Waals surface area contributed by atoms with Crippen LogP contribution in [-0.4, -0.2) is 31.4 Å². The van der Waals surface area contributed by atoms with Gasteiger partial charge in [-0.15, -0.1) is 0 Å². The number of anilines is 2. The van der Waals surface area contributed by atoms with Crippen molar-refractivity contribution in [2.75, 3.05) is 10.6 Å². The van der Waals surface area contributed by atoms with Crippen LogP contribution in [-0.2, 0) is 13.6 Å². The molecule has 26 heavy (non-hydrogen) atoms. The summed E-state index contributed by atoms with van der Waals surface area (Å²) in [6, 6.07) is 8.61. The molecule has 0 unspecified atom stereocenters. The molecular weight excluding hydrogens is 447 g/mol. The van der Waals surface area contributed by atoms with Gasteiger partial charge in [0.1, 0.15) is 5.69 Å². The van der Waals surface area contributed by atoms with E-state index in [1.807, 2.05) is 6.92 Å². The second-order valence-electron chi connectivity index (χ2n) is 5.52. The Morgan fingerprint density at radius 1 is 1.15 bits per heavy atom. The molecule has 2 N–H and O–H groups in total. The largest absolute Gasteiger partial charge is 0.321 e. The van der Waals surface area contributed by atoms with Crippen LogP contribution in [0.15, 0.2) is 42.7 Å². The number of aryl methyl sites for hydroxylation is 2. The van der Waals surface area contributed by atoms with Gasteiger partial charge in [-0.25, -0.2) is 0 Å². The molecule has 2 aromatic heterocycles. The molecule has 0 aliphatic heterocycles. The molecule has 8 nitrogen and oxygen atoms in total. The number of amides is 2. The number of hydrogen-bond acceptors (Lipinski definition) is 4. The first-order valence-electron chi connectivity index (χ1n) is 7.91. The van der Waals surface area contributed by atoms with Crippen molar-refractivity contribution in [1.82, 2.24) is 19.6 Å². The van der Waals surface area contributed by atoms with Crippen LogP contribution in [0, 0.1) is 3.57 Å². The van der Waals surface area contributed by atoms with Gasteiger partial charge in [-0.1, -0.05) is 6.07 Å². The van der Waals surface area contributed by atoms with Crippen molar-refractivity contribution in [3.8, 4) is 0 Å². The van der Waals surface area contributed by atoms with E-state index in [1.54, 1.807) is 59.1 Å². The number of rotatable bonds is 5. The SMILES string of the molecule is CCn1nccc1C(=O)Nc1cccc(NC(=O)c2nn(C)cc2I)c1. The predicted octanol–water partition coefficient (Wildman–Crippen LogP) is 2.75. The van der Waals surface area contributed by atoms with Crippen LogP contribution in [0.1, 0.15) is 27.9 Å². The zero-order valence-corrected chi connectivity index (χ0v) is 16.4. The Morgan fingerprint density at radius 2 is 1.85 bits per heavy atom. The number of carbonyl (C=O) groups is 2. The molecule has 9 heteroatoms. The summed E-state index contributed by atoms with van der Waals surface area (Å²) in [7, 11) is 1.76. The number of aromatic nitrogens is 4. The number of nitrogens with one attached hydrogen (secondary N) is 2. The third kappa shape index (κ3) is 3.93. The van der Waals surface area contributed by atoms with Gasteiger partial charge in [0.15, 0.2) is 5.69 Å². The minimum atomic E-state index is -0.303. The summed E-state index contributed by atoms with van der Waals surface area (Å²) in [4.78, 5) is 24.7. The number of halogens is 1. The van der Waals surface area contributed by atoms with Crippen LogP contribution in [0.2, 0.25) is 0 Å². The number of carbonyl (C=O) groups excluding carboxylic acids is 2. The van der Waals surface area contributed by atoms with Crippen molar-refractivity contribution < 1.29 is 9.59 Å². The average molecular weight is 464 g/mol. The van der Waals surface area contributed by atoms with Gasteiger partial charge < -0.3 is 10.6 Å². The molecule has 1 aromatic carbocycles. The fraction of sp³-hybridized carbons (Fsp3) is 0.176. The van der Waals surface area contributed by atoms with E-state index in [2.05, 4.69) is 43.4 Å². The summed E-state index contributed by atoms with van der Waals surface area (Å²) >= 11 is 2.06. The predicted molar refractivity (Wildman–Crippen MR) is 106 cm³/mol. The molecular formula is C17H17IN6O2. The summed E-state index contributed by atoms with van der Waals surface area (Å²) in [5.41, 5.74) is 1.98. The third-order valence-electron chi connectivity index (χ3n) is 3.63. The molecule has 3 aromatic rings. The highest BCUT2D eigenvalue weighted by molar-refractivity contribution is 14.1. The fourth-order valence-corrected chi connectivity index (χ4v) is 3.21. The van der Waals surface area contributed by atoms with Crippen molar-refractivity contribution in [2.24, 2.45) is 7.05 Å². The van der Waals surface area contributed by atoms with Crippen molar-refractivity contribution in [3.63, 3.8) is 0 Å². The molecule has 0 radical (unpaired) electrons. The fourth-order valence-electron chi connectivity index (χ4n) is 2.45. The highest BCUT2D eigenvalue weighted by Gasteiger charge is 2.15. The Morgan fingerprint density at radius 3 is 2.46 bits per heavy atom. The Kier molecular flexibility index (Phi) is 5.35. The van der Waals surface area contributed by atoms with E-state index in [9.17, 15) is 9.59 Å². The van der Waals surface area contributed by atoms with Gasteiger partial charge in [0.05, 0.1) is 3.57 Å². The number of benzene rings is 1. The molecule has 0 saturated carbocycles. The maximum Gasteiger partial charge on any atom is 0.277 e. The van der Waals surface area contributed by atoms with Gasteiger partial charge in [0.25, 0.3) is 11.8 Å². The summed E-state index contributed by atoms with van der Waals surface area (Å²) < 4.78 is 3.97. The van der Waals surface area contributed by atoms with Gasteiger partial charge >= 0.3 is 0 Å². The normalized spacial score (nSPS) is 10.6. The maximum absolute atomic E-state index is 12.4. The maximum atomic E-state index is 12.4. The highest BCUT2D eigenvalue weighted by Crippen LogP contribution is 2.18. The second kappa shape index (κ2) is 7.68. The molecule has 2 amide bonds. The minimum Gasteiger partial charge on any atom is -0.321 e. The Labute approximate surface area is 163 Å². The molecule has 0 bridgehead atoms. The quantitative estimate of drug-likeness (QED) is 0.568. The highest BCUT2D eigenvalue weighted by atomic mass is 127. The van der Waals surface area contributed by atoms with E-state index in [1.165, 1.54) is 0 Å². The van der Waals surface area contributed by atoms with E-state index in [0.29, 0.717) is 29.3 Å². The molecule has 0 saturated heterocycles. The molecule has 134 valence electrons. The summed E-state index contributed by atoms with van der Waals surface area (Å²) in [5, 5.41) is 13.8. The van der Waals surface area contributed by atoms with E-state index < -0.39 is 0 Å². The van der Waals surface area contributed by atoms with Crippen LogP contribution < -0.4 is 10.6 Å². The monoisotopic (exact) mass is 464 g/mol. The summed E-state index contributed by atoms with van der Waals surface area (Å²) in [5.74, 6) is -0.561. The van der Waals surface area contributed by atoms with Gasteiger partial charge in [-0.05, 0) is 53.8 Å². The molecule has 3 rings (SSSR count). The Bertz CT molecular complexity index is 962. The number of nitrogens with zero attached hydrogens (tertiary/aromatic N) is 4. The lowest BCUT2D eigenvalue weighted by Crippen LogP contribution is -2.18. The van der Waals surface area contributed by atoms with Crippen LogP contribution in [0.25, 0.3) is 0 Å². The average Bonchev–Trinajstić information content (AvgIpc) is 3.21. The van der Waals surface area contributed by atoms with Gasteiger partial charge in [0, 0.05) is 37.4 Å². The first-order chi connectivity index (χ1) is 12.5. The Balaban J connectivity index is 1.73. The summed E-state index contributed by atoms with van der Waals surface area (Å²) in [6.45, 7) is 2.52. The van der Waals surface area contributed by atoms with Crippen molar-refractivity contribution in [3.05, 3.63) is 57.7 Å². The van der Waals surface area contributed by atoms with E-state index in [4.69, 9.17) is 0 Å². The topological polar surface area (TPSA) is 93.8 Å². The lowest BCUT2D eigenvalue weighted by atomic mass is 10.2. The van der Waals surface area contributed by atoms with E-state index >= 15 is 0 Å². The Hall–Kier alpha value is -2.69. The van der Waals surface area contributed by atoms with E-state index in [0.717, 1.165) is 3.57 Å². The van der Waals surface area contributed by atoms with Crippen LogP contribution >= 0.6 is 22.6 Å². The van der Waals surface area contributed by atoms with Crippen LogP contribution in [0.4, 0.5) is 11.4 Å². The van der Waals surface area contributed by atoms with Gasteiger partial charge in [0.2, 0.25) is 0 Å². The first-order valence-corrected chi connectivity index (χ1v) is 8.99. The molecule has 0 fully saturated rings. The van der Waals surface area contributed by atoms with Crippen molar-refractivity contribution >= 4 is 45.8 Å². The number of hydrogen-bond donors (Lipinski definition) is 2. The van der Waals surface area contributed by atoms with Crippen molar-refractivity contribution in [1.29, 1.82) is 0 Å². The van der Waals surface area contributed by atoms with Gasteiger partial charge in [-0.2, -0.15) is 10.2 Å². The standard InChI is InChI=1S/C17H17IN6O2/c1-3-24-14(7-8-19-24)16(25)20-11-5-4-6-12(9-11)21-17(26)15-13(18)10-23(2)22-15/h4-10H,3H2,1-2H3,(H,20,25)(H,21,26). The summed E-state index contributed by atoms with van der Waals surface area (Å²) in [6.07, 6.45) is 3.35.